The lowest BCUT2D eigenvalue weighted by Gasteiger charge is -2.05. The average Bonchev–Trinajstić information content (AvgIpc) is 3.02. The molecule has 2 heterocycles. The van der Waals surface area contributed by atoms with Gasteiger partial charge in [0.2, 0.25) is 9.97 Å². The monoisotopic (exact) mass is 341 g/mol. The first-order valence-electron chi connectivity index (χ1n) is 6.02. The van der Waals surface area contributed by atoms with E-state index in [0.717, 1.165) is 5.56 Å². The van der Waals surface area contributed by atoms with Gasteiger partial charge in [-0.3, -0.25) is 4.79 Å². The lowest BCUT2D eigenvalue weighted by atomic mass is 10.1. The van der Waals surface area contributed by atoms with Crippen LogP contribution in [0.3, 0.4) is 0 Å². The summed E-state index contributed by atoms with van der Waals surface area (Å²) >= 11 is 13.1. The van der Waals surface area contributed by atoms with Gasteiger partial charge in [-0.2, -0.15) is 4.52 Å². The highest BCUT2D eigenvalue weighted by Crippen LogP contribution is 2.21. The van der Waals surface area contributed by atoms with Crippen molar-refractivity contribution in [3.63, 3.8) is 0 Å². The summed E-state index contributed by atoms with van der Waals surface area (Å²) in [4.78, 5) is 12.5. The summed E-state index contributed by atoms with van der Waals surface area (Å²) in [5.74, 6) is -0.240. The second-order valence-electron chi connectivity index (χ2n) is 4.21. The summed E-state index contributed by atoms with van der Waals surface area (Å²) in [5.41, 5.74) is 0.930. The third-order valence-corrected chi connectivity index (χ3v) is 4.27. The molecule has 0 atom stereocenters. The van der Waals surface area contributed by atoms with E-state index >= 15 is 0 Å². The molecular weight excluding hydrogens is 333 g/mol. The summed E-state index contributed by atoms with van der Waals surface area (Å²) in [7, 11) is 0. The molecule has 1 amide bonds. The van der Waals surface area contributed by atoms with Gasteiger partial charge in [-0.15, -0.1) is 15.3 Å². The molecule has 2 aromatic heterocycles. The molecule has 0 bridgehead atoms. The molecule has 108 valence electrons. The third kappa shape index (κ3) is 3.15. The minimum Gasteiger partial charge on any atom is -0.350 e. The van der Waals surface area contributed by atoms with Gasteiger partial charge in [-0.1, -0.05) is 40.6 Å². The first-order valence-corrected chi connectivity index (χ1v) is 7.60. The van der Waals surface area contributed by atoms with Crippen molar-refractivity contribution in [3.8, 4) is 0 Å². The second-order valence-corrected chi connectivity index (χ2v) is 6.01. The Bertz CT molecular complexity index is 771. The molecule has 0 saturated heterocycles. The highest BCUT2D eigenvalue weighted by Gasteiger charge is 2.13. The number of carbonyl (C=O) groups is 1. The molecule has 0 aliphatic carbocycles. The molecule has 1 aromatic carbocycles. The molecule has 6 nitrogen and oxygen atoms in total. The summed E-state index contributed by atoms with van der Waals surface area (Å²) in [6, 6.07) is 5.30. The molecule has 0 aliphatic rings. The van der Waals surface area contributed by atoms with Crippen molar-refractivity contribution in [1.29, 1.82) is 0 Å². The number of halogens is 2. The Kier molecular flexibility index (Phi) is 4.05. The largest absolute Gasteiger partial charge is 0.350 e. The Morgan fingerprint density at radius 1 is 1.38 bits per heavy atom. The van der Waals surface area contributed by atoms with Crippen LogP contribution < -0.4 is 5.32 Å². The molecule has 0 fully saturated rings. The predicted molar refractivity (Wildman–Crippen MR) is 81.2 cm³/mol. The Balaban J connectivity index is 1.59. The SMILES string of the molecule is O=C(NCCc1ccc(Cl)cc1Cl)c1nn2cnnc2s1. The number of carbonyl (C=O) groups excluding carboxylic acids is 1. The fourth-order valence-corrected chi connectivity index (χ4v) is 3.00. The van der Waals surface area contributed by atoms with Crippen molar-refractivity contribution in [2.75, 3.05) is 6.54 Å². The zero-order chi connectivity index (χ0) is 14.8. The summed E-state index contributed by atoms with van der Waals surface area (Å²) in [6.07, 6.45) is 2.07. The average molecular weight is 342 g/mol. The summed E-state index contributed by atoms with van der Waals surface area (Å²) in [6.45, 7) is 0.459. The van der Waals surface area contributed by atoms with Crippen LogP contribution in [0.4, 0.5) is 0 Å². The van der Waals surface area contributed by atoms with E-state index in [1.54, 1.807) is 12.1 Å². The number of rotatable bonds is 4. The maximum absolute atomic E-state index is 12.0. The highest BCUT2D eigenvalue weighted by atomic mass is 35.5. The van der Waals surface area contributed by atoms with Crippen molar-refractivity contribution < 1.29 is 4.79 Å². The minimum absolute atomic E-state index is 0.240. The highest BCUT2D eigenvalue weighted by molar-refractivity contribution is 7.18. The van der Waals surface area contributed by atoms with Crippen LogP contribution >= 0.6 is 34.5 Å². The maximum Gasteiger partial charge on any atom is 0.282 e. The Morgan fingerprint density at radius 3 is 3.00 bits per heavy atom. The van der Waals surface area contributed by atoms with E-state index in [0.29, 0.717) is 33.0 Å². The van der Waals surface area contributed by atoms with Crippen molar-refractivity contribution in [3.05, 3.63) is 45.1 Å². The topological polar surface area (TPSA) is 72.2 Å². The van der Waals surface area contributed by atoms with E-state index in [1.807, 2.05) is 6.07 Å². The number of nitrogens with zero attached hydrogens (tertiary/aromatic N) is 4. The predicted octanol–water partition coefficient (Wildman–Crippen LogP) is 2.47. The maximum atomic E-state index is 12.0. The number of amides is 1. The third-order valence-electron chi connectivity index (χ3n) is 2.78. The van der Waals surface area contributed by atoms with Gasteiger partial charge in [0.05, 0.1) is 0 Å². The van der Waals surface area contributed by atoms with Crippen LogP contribution in [0.15, 0.2) is 24.5 Å². The van der Waals surface area contributed by atoms with Gasteiger partial charge >= 0.3 is 0 Å². The van der Waals surface area contributed by atoms with Crippen molar-refractivity contribution in [2.45, 2.75) is 6.42 Å². The van der Waals surface area contributed by atoms with Gasteiger partial charge in [0.15, 0.2) is 0 Å². The second kappa shape index (κ2) is 5.97. The van der Waals surface area contributed by atoms with Crippen LogP contribution in [-0.2, 0) is 6.42 Å². The Morgan fingerprint density at radius 2 is 2.24 bits per heavy atom. The Hall–Kier alpha value is -1.70. The van der Waals surface area contributed by atoms with E-state index in [2.05, 4.69) is 20.6 Å². The number of benzene rings is 1. The quantitative estimate of drug-likeness (QED) is 0.791. The van der Waals surface area contributed by atoms with E-state index in [1.165, 1.54) is 22.2 Å². The van der Waals surface area contributed by atoms with E-state index in [4.69, 9.17) is 23.2 Å². The van der Waals surface area contributed by atoms with E-state index in [9.17, 15) is 4.79 Å². The van der Waals surface area contributed by atoms with Gasteiger partial charge in [-0.05, 0) is 24.1 Å². The molecule has 3 aromatic rings. The molecule has 1 N–H and O–H groups in total. The van der Waals surface area contributed by atoms with E-state index in [-0.39, 0.29) is 5.91 Å². The van der Waals surface area contributed by atoms with Gasteiger partial charge in [0.25, 0.3) is 5.91 Å². The van der Waals surface area contributed by atoms with Crippen LogP contribution in [-0.4, -0.2) is 32.3 Å². The van der Waals surface area contributed by atoms with Crippen molar-refractivity contribution in [2.24, 2.45) is 0 Å². The first kappa shape index (κ1) is 14.2. The van der Waals surface area contributed by atoms with Gasteiger partial charge < -0.3 is 5.32 Å². The normalized spacial score (nSPS) is 11.0. The molecule has 0 spiro atoms. The van der Waals surface area contributed by atoms with E-state index < -0.39 is 0 Å². The molecule has 9 heteroatoms. The molecular formula is C12H9Cl2N5OS. The van der Waals surface area contributed by atoms with Gasteiger partial charge in [0.1, 0.15) is 6.33 Å². The fraction of sp³-hybridized carbons (Fsp3) is 0.167. The van der Waals surface area contributed by atoms with Crippen LogP contribution in [0.5, 0.6) is 0 Å². The number of hydrogen-bond acceptors (Lipinski definition) is 5. The lowest BCUT2D eigenvalue weighted by molar-refractivity contribution is 0.0952. The number of aromatic nitrogens is 4. The lowest BCUT2D eigenvalue weighted by Crippen LogP contribution is -2.25. The van der Waals surface area contributed by atoms with Crippen LogP contribution in [0.25, 0.3) is 4.96 Å². The summed E-state index contributed by atoms with van der Waals surface area (Å²) in [5, 5.41) is 15.9. The van der Waals surface area contributed by atoms with Crippen molar-refractivity contribution in [1.82, 2.24) is 25.1 Å². The molecule has 3 rings (SSSR count). The number of hydrogen-bond donors (Lipinski definition) is 1. The van der Waals surface area contributed by atoms with Gasteiger partial charge in [0, 0.05) is 16.6 Å². The molecule has 0 radical (unpaired) electrons. The molecule has 21 heavy (non-hydrogen) atoms. The smallest absolute Gasteiger partial charge is 0.282 e. The van der Waals surface area contributed by atoms with Crippen LogP contribution in [0.2, 0.25) is 10.0 Å². The minimum atomic E-state index is -0.240. The fourth-order valence-electron chi connectivity index (χ4n) is 1.76. The summed E-state index contributed by atoms with van der Waals surface area (Å²) < 4.78 is 1.47. The number of nitrogens with one attached hydrogen (secondary N) is 1. The molecule has 0 aliphatic heterocycles. The zero-order valence-electron chi connectivity index (χ0n) is 10.6. The first-order chi connectivity index (χ1) is 10.1. The van der Waals surface area contributed by atoms with Gasteiger partial charge in [-0.25, -0.2) is 0 Å². The standard InChI is InChI=1S/C12H9Cl2N5OS/c13-8-2-1-7(9(14)5-8)3-4-15-10(20)11-18-19-6-16-17-12(19)21-11/h1-2,5-6H,3-4H2,(H,15,20). The van der Waals surface area contributed by atoms with Crippen LogP contribution in [0.1, 0.15) is 15.4 Å². The number of fused-ring (bicyclic) bond motifs is 1. The van der Waals surface area contributed by atoms with Crippen molar-refractivity contribution >= 4 is 45.4 Å². The zero-order valence-corrected chi connectivity index (χ0v) is 12.9. The van der Waals surface area contributed by atoms with Crippen LogP contribution in [0, 0.1) is 0 Å². The Labute approximate surface area is 133 Å². The molecule has 0 unspecified atom stereocenters. The molecule has 0 saturated carbocycles.